The van der Waals surface area contributed by atoms with Crippen molar-refractivity contribution in [1.82, 2.24) is 34.6 Å². The molecule has 0 amide bonds. The number of aryl methyl sites for hydroxylation is 1. The molecule has 4 aromatic carbocycles. The molecular weight excluding hydrogens is 818 g/mol. The summed E-state index contributed by atoms with van der Waals surface area (Å²) in [4.78, 5) is 40.6. The minimum atomic E-state index is -1.34. The number of carbonyl (C=O) groups is 1. The van der Waals surface area contributed by atoms with Crippen molar-refractivity contribution in [3.8, 4) is 50.3 Å². The number of carboxylic acid groups (broad SMARTS) is 1. The van der Waals surface area contributed by atoms with E-state index in [0.717, 1.165) is 77.5 Å². The SMILES string of the molecule is COc1ccccc1-c1nccc(COc2ccc3cc2C[C@H](C(=O)O)Oc2ncnc4sc(-c5ccc(F)cc5)c(c24)-c2ccc(cc2C)CN(CCN2CCN(C)CC2)C3)n1. The lowest BCUT2D eigenvalue weighted by atomic mass is 9.94. The number of para-hydroxylation sites is 1. The third-order valence-electron chi connectivity index (χ3n) is 11.8. The normalized spacial score (nSPS) is 16.2. The maximum Gasteiger partial charge on any atom is 0.345 e. The minimum Gasteiger partial charge on any atom is -0.496 e. The van der Waals surface area contributed by atoms with Gasteiger partial charge in [0.15, 0.2) is 5.82 Å². The molecule has 1 fully saturated rings. The fourth-order valence-electron chi connectivity index (χ4n) is 8.38. The highest BCUT2D eigenvalue weighted by Gasteiger charge is 2.29. The van der Waals surface area contributed by atoms with Crippen molar-refractivity contribution in [3.63, 3.8) is 0 Å². The first-order valence-corrected chi connectivity index (χ1v) is 21.9. The van der Waals surface area contributed by atoms with Crippen LogP contribution in [0.5, 0.6) is 17.4 Å². The monoisotopic (exact) mass is 865 g/mol. The maximum absolute atomic E-state index is 14.2. The van der Waals surface area contributed by atoms with Gasteiger partial charge in [0.05, 0.1) is 23.8 Å². The number of benzene rings is 4. The Labute approximate surface area is 369 Å². The zero-order valence-electron chi connectivity index (χ0n) is 35.5. The van der Waals surface area contributed by atoms with Gasteiger partial charge in [-0.1, -0.05) is 54.6 Å². The molecule has 12 nitrogen and oxygen atoms in total. The first kappa shape index (κ1) is 42.0. The van der Waals surface area contributed by atoms with Crippen molar-refractivity contribution >= 4 is 27.5 Å². The van der Waals surface area contributed by atoms with Gasteiger partial charge in [-0.2, -0.15) is 0 Å². The molecule has 3 aliphatic rings. The molecule has 0 aliphatic carbocycles. The zero-order chi connectivity index (χ0) is 43.5. The van der Waals surface area contributed by atoms with Gasteiger partial charge in [0, 0.05) is 75.4 Å². The maximum atomic E-state index is 14.2. The lowest BCUT2D eigenvalue weighted by Crippen LogP contribution is -2.46. The van der Waals surface area contributed by atoms with E-state index in [1.807, 2.05) is 36.4 Å². The second kappa shape index (κ2) is 18.6. The van der Waals surface area contributed by atoms with E-state index in [4.69, 9.17) is 19.2 Å². The van der Waals surface area contributed by atoms with Crippen molar-refractivity contribution < 1.29 is 28.5 Å². The number of halogens is 1. The number of aromatic nitrogens is 4. The molecule has 1 N–H and O–H groups in total. The number of rotatable bonds is 10. The van der Waals surface area contributed by atoms with Crippen LogP contribution in [-0.2, 0) is 30.9 Å². The first-order chi connectivity index (χ1) is 30.7. The smallest absolute Gasteiger partial charge is 0.345 e. The van der Waals surface area contributed by atoms with E-state index in [-0.39, 0.29) is 24.7 Å². The van der Waals surface area contributed by atoms with E-state index < -0.39 is 12.1 Å². The lowest BCUT2D eigenvalue weighted by molar-refractivity contribution is -0.145. The molecular formula is C49H48FN7O5S. The minimum absolute atomic E-state index is 0.0153. The molecule has 4 bridgehead atoms. The molecule has 6 heterocycles. The summed E-state index contributed by atoms with van der Waals surface area (Å²) in [6.45, 7) is 9.42. The second-order valence-corrected chi connectivity index (χ2v) is 17.1. The molecule has 1 saturated heterocycles. The largest absolute Gasteiger partial charge is 0.496 e. The summed E-state index contributed by atoms with van der Waals surface area (Å²) in [6, 6.07) is 28.3. The Morgan fingerprint density at radius 2 is 1.63 bits per heavy atom. The lowest BCUT2D eigenvalue weighted by Gasteiger charge is -2.34. The molecule has 0 unspecified atom stereocenters. The number of carboxylic acids is 1. The molecule has 0 spiro atoms. The van der Waals surface area contributed by atoms with Crippen molar-refractivity contribution in [2.45, 2.75) is 39.1 Å². The Morgan fingerprint density at radius 3 is 2.41 bits per heavy atom. The molecule has 7 aromatic rings. The molecule has 0 radical (unpaired) electrons. The van der Waals surface area contributed by atoms with Crippen LogP contribution in [0.3, 0.4) is 0 Å². The van der Waals surface area contributed by atoms with Crippen LogP contribution in [0.1, 0.15) is 27.9 Å². The van der Waals surface area contributed by atoms with Gasteiger partial charge in [-0.25, -0.2) is 29.1 Å². The molecule has 14 heteroatoms. The van der Waals surface area contributed by atoms with E-state index >= 15 is 0 Å². The Hall–Kier alpha value is -6.32. The fourth-order valence-corrected chi connectivity index (χ4v) is 9.53. The highest BCUT2D eigenvalue weighted by atomic mass is 32.1. The van der Waals surface area contributed by atoms with Gasteiger partial charge in [-0.15, -0.1) is 11.3 Å². The van der Waals surface area contributed by atoms with E-state index in [1.54, 1.807) is 31.5 Å². The van der Waals surface area contributed by atoms with Crippen LogP contribution in [0.4, 0.5) is 4.39 Å². The number of methoxy groups -OCH3 is 1. The summed E-state index contributed by atoms with van der Waals surface area (Å²) in [5.41, 5.74) is 7.85. The van der Waals surface area contributed by atoms with Gasteiger partial charge in [-0.3, -0.25) is 9.80 Å². The number of fused-ring (bicyclic) bond motifs is 6. The molecule has 3 aliphatic heterocycles. The fraction of sp³-hybridized carbons (Fsp3) is 0.286. The zero-order valence-corrected chi connectivity index (χ0v) is 36.3. The predicted molar refractivity (Wildman–Crippen MR) is 242 cm³/mol. The Kier molecular flexibility index (Phi) is 12.4. The van der Waals surface area contributed by atoms with Crippen molar-refractivity contribution in [2.24, 2.45) is 0 Å². The number of thiophene rings is 1. The number of hydrogen-bond donors (Lipinski definition) is 1. The highest BCUT2D eigenvalue weighted by molar-refractivity contribution is 7.22. The summed E-state index contributed by atoms with van der Waals surface area (Å²) in [6.07, 6.45) is 1.73. The van der Waals surface area contributed by atoms with Gasteiger partial charge >= 0.3 is 5.97 Å². The molecule has 1 atom stereocenters. The number of piperazine rings is 1. The highest BCUT2D eigenvalue weighted by Crippen LogP contribution is 2.48. The number of ether oxygens (including phenoxy) is 3. The van der Waals surface area contributed by atoms with Crippen LogP contribution in [0, 0.1) is 12.7 Å². The number of hydrogen-bond acceptors (Lipinski definition) is 12. The van der Waals surface area contributed by atoms with Gasteiger partial charge in [0.25, 0.3) is 0 Å². The Balaban J connectivity index is 1.12. The van der Waals surface area contributed by atoms with E-state index in [1.165, 1.54) is 35.4 Å². The number of aliphatic carboxylic acids is 1. The third-order valence-corrected chi connectivity index (χ3v) is 12.9. The Bertz CT molecular complexity index is 2760. The van der Waals surface area contributed by atoms with Crippen molar-refractivity contribution in [1.29, 1.82) is 0 Å². The average Bonchev–Trinajstić information content (AvgIpc) is 3.68. The van der Waals surface area contributed by atoms with E-state index in [0.29, 0.717) is 51.9 Å². The summed E-state index contributed by atoms with van der Waals surface area (Å²) in [5, 5.41) is 11.4. The van der Waals surface area contributed by atoms with Crippen LogP contribution >= 0.6 is 11.3 Å². The summed E-state index contributed by atoms with van der Waals surface area (Å²) in [5.74, 6) is 0.345. The molecule has 63 heavy (non-hydrogen) atoms. The predicted octanol–water partition coefficient (Wildman–Crippen LogP) is 8.16. The van der Waals surface area contributed by atoms with Crippen LogP contribution in [0.2, 0.25) is 0 Å². The second-order valence-electron chi connectivity index (χ2n) is 16.1. The number of likely N-dealkylation sites (N-methyl/N-ethyl adjacent to an activating group) is 1. The van der Waals surface area contributed by atoms with Crippen LogP contribution in [-0.4, -0.2) is 105 Å². The summed E-state index contributed by atoms with van der Waals surface area (Å²) in [7, 11) is 3.78. The van der Waals surface area contributed by atoms with E-state index in [9.17, 15) is 14.3 Å². The standard InChI is InChI=1S/C49H48FN7O5S/c1-31-24-32-8-14-38(31)43-44-47(52-30-53-48(44)63-45(43)34-10-12-36(50)13-11-34)62-42(49(58)59)26-35-25-33(28-57(27-32)23-22-56-20-18-55(2)19-21-56)9-15-40(35)61-29-37-16-17-51-46(54-37)39-6-4-5-7-41(39)60-3/h4-17,24-25,30,42H,18-23,26-29H2,1-3H3,(H,58,59)/t42-/m1/s1. The van der Waals surface area contributed by atoms with Crippen molar-refractivity contribution in [2.75, 3.05) is 53.4 Å². The van der Waals surface area contributed by atoms with Crippen LogP contribution in [0.25, 0.3) is 43.2 Å². The summed E-state index contributed by atoms with van der Waals surface area (Å²) >= 11 is 1.44. The third kappa shape index (κ3) is 9.40. The quantitative estimate of drug-likeness (QED) is 0.143. The van der Waals surface area contributed by atoms with Gasteiger partial charge < -0.3 is 24.2 Å². The van der Waals surface area contributed by atoms with Gasteiger partial charge in [-0.05, 0) is 83.8 Å². The van der Waals surface area contributed by atoms with Gasteiger partial charge in [0.1, 0.15) is 35.1 Å². The topological polar surface area (TPSA) is 126 Å². The van der Waals surface area contributed by atoms with E-state index in [2.05, 4.69) is 67.9 Å². The van der Waals surface area contributed by atoms with Crippen LogP contribution < -0.4 is 14.2 Å². The molecule has 322 valence electrons. The Morgan fingerprint density at radius 1 is 0.873 bits per heavy atom. The van der Waals surface area contributed by atoms with Crippen molar-refractivity contribution in [3.05, 3.63) is 137 Å². The summed E-state index contributed by atoms with van der Waals surface area (Å²) < 4.78 is 32.8. The molecule has 10 rings (SSSR count). The molecule has 0 saturated carbocycles. The number of nitrogens with zero attached hydrogens (tertiary/aromatic N) is 7. The molecule has 3 aromatic heterocycles. The van der Waals surface area contributed by atoms with Gasteiger partial charge in [0.2, 0.25) is 12.0 Å². The first-order valence-electron chi connectivity index (χ1n) is 21.0. The average molecular weight is 866 g/mol. The van der Waals surface area contributed by atoms with Crippen LogP contribution in [0.15, 0.2) is 104 Å².